The van der Waals surface area contributed by atoms with Crippen molar-refractivity contribution in [3.05, 3.63) is 73.7 Å². The lowest BCUT2D eigenvalue weighted by atomic mass is 10.0. The first-order valence-corrected chi connectivity index (χ1v) is 12.8. The van der Waals surface area contributed by atoms with E-state index in [2.05, 4.69) is 29.1 Å². The third-order valence-corrected chi connectivity index (χ3v) is 7.26. The molecule has 4 rings (SSSR count). The van der Waals surface area contributed by atoms with Crippen LogP contribution in [0.3, 0.4) is 0 Å². The molecule has 0 aliphatic carbocycles. The smallest absolute Gasteiger partial charge is 0.284 e. The SMILES string of the molecule is CC(C)c1ccc(N)c(NC(=O)c2nc3c(s2)CN(C(C[N+](=O)[O-])=Nc2ccc(N(C)C)cc2)CC3)c1. The lowest BCUT2D eigenvalue weighted by Crippen LogP contribution is -2.39. The van der Waals surface area contributed by atoms with E-state index in [1.165, 1.54) is 11.3 Å². The van der Waals surface area contributed by atoms with Crippen molar-refractivity contribution < 1.29 is 9.72 Å². The van der Waals surface area contributed by atoms with Crippen molar-refractivity contribution in [1.29, 1.82) is 0 Å². The number of aliphatic imine (C=N–C) groups is 1. The predicted molar refractivity (Wildman–Crippen MR) is 149 cm³/mol. The van der Waals surface area contributed by atoms with E-state index < -0.39 is 0 Å². The largest absolute Gasteiger partial charge is 0.397 e. The zero-order chi connectivity index (χ0) is 26.7. The van der Waals surface area contributed by atoms with Crippen LogP contribution in [0.15, 0.2) is 47.5 Å². The Bertz CT molecular complexity index is 1330. The number of carbonyl (C=O) groups excluding carboxylic acids is 1. The summed E-state index contributed by atoms with van der Waals surface area (Å²) in [7, 11) is 3.89. The summed E-state index contributed by atoms with van der Waals surface area (Å²) in [6, 6.07) is 13.2. The van der Waals surface area contributed by atoms with Crippen LogP contribution in [0.4, 0.5) is 22.7 Å². The molecule has 2 aromatic carbocycles. The number of hydrogen-bond acceptors (Lipinski definition) is 8. The van der Waals surface area contributed by atoms with Crippen molar-refractivity contribution in [2.75, 3.05) is 43.1 Å². The Morgan fingerprint density at radius 3 is 2.65 bits per heavy atom. The first-order chi connectivity index (χ1) is 17.6. The van der Waals surface area contributed by atoms with E-state index in [1.807, 2.05) is 60.3 Å². The van der Waals surface area contributed by atoms with Gasteiger partial charge >= 0.3 is 0 Å². The number of thiazole rings is 1. The maximum Gasteiger partial charge on any atom is 0.284 e. The maximum atomic E-state index is 13.0. The monoisotopic (exact) mass is 521 g/mol. The van der Waals surface area contributed by atoms with Crippen molar-refractivity contribution in [1.82, 2.24) is 9.88 Å². The number of nitro groups is 1. The lowest BCUT2D eigenvalue weighted by molar-refractivity contribution is -0.464. The van der Waals surface area contributed by atoms with Gasteiger partial charge in [-0.2, -0.15) is 0 Å². The first-order valence-electron chi connectivity index (χ1n) is 12.0. The van der Waals surface area contributed by atoms with Crippen LogP contribution >= 0.6 is 11.3 Å². The van der Waals surface area contributed by atoms with Crippen LogP contribution in [0.25, 0.3) is 0 Å². The summed E-state index contributed by atoms with van der Waals surface area (Å²) >= 11 is 1.29. The van der Waals surface area contributed by atoms with Crippen LogP contribution < -0.4 is 16.0 Å². The summed E-state index contributed by atoms with van der Waals surface area (Å²) in [4.78, 5) is 38.0. The molecule has 1 amide bonds. The number of benzene rings is 2. The molecule has 2 heterocycles. The highest BCUT2D eigenvalue weighted by Gasteiger charge is 2.27. The fourth-order valence-electron chi connectivity index (χ4n) is 4.03. The molecule has 0 unspecified atom stereocenters. The number of nitrogen functional groups attached to an aromatic ring is 1. The molecule has 0 saturated carbocycles. The summed E-state index contributed by atoms with van der Waals surface area (Å²) in [5, 5.41) is 14.6. The number of nitrogens with zero attached hydrogens (tertiary/aromatic N) is 5. The van der Waals surface area contributed by atoms with Gasteiger partial charge in [-0.05, 0) is 47.9 Å². The van der Waals surface area contributed by atoms with Gasteiger partial charge in [0.1, 0.15) is 0 Å². The summed E-state index contributed by atoms with van der Waals surface area (Å²) in [6.45, 7) is 4.71. The van der Waals surface area contributed by atoms with Gasteiger partial charge in [0.25, 0.3) is 12.5 Å². The number of aromatic nitrogens is 1. The number of nitrogens with two attached hydrogens (primary N) is 1. The molecule has 0 bridgehead atoms. The second-order valence-corrected chi connectivity index (χ2v) is 10.5. The number of nitrogens with one attached hydrogen (secondary N) is 1. The zero-order valence-electron chi connectivity index (χ0n) is 21.4. The first kappa shape index (κ1) is 26.1. The summed E-state index contributed by atoms with van der Waals surface area (Å²) in [5.74, 6) is 0.361. The summed E-state index contributed by atoms with van der Waals surface area (Å²) < 4.78 is 0. The molecule has 3 N–H and O–H groups in total. The minimum absolute atomic E-state index is 0.301. The van der Waals surface area contributed by atoms with Gasteiger partial charge in [0.15, 0.2) is 10.8 Å². The maximum absolute atomic E-state index is 13.0. The average molecular weight is 522 g/mol. The molecule has 1 aromatic heterocycles. The Hall–Kier alpha value is -3.99. The fourth-order valence-corrected chi connectivity index (χ4v) is 5.04. The van der Waals surface area contributed by atoms with E-state index >= 15 is 0 Å². The van der Waals surface area contributed by atoms with E-state index in [9.17, 15) is 14.9 Å². The van der Waals surface area contributed by atoms with Gasteiger partial charge in [-0.15, -0.1) is 11.3 Å². The molecule has 0 spiro atoms. The van der Waals surface area contributed by atoms with Crippen LogP contribution in [-0.4, -0.2) is 53.7 Å². The van der Waals surface area contributed by atoms with Crippen molar-refractivity contribution in [2.24, 2.45) is 4.99 Å². The van der Waals surface area contributed by atoms with Gasteiger partial charge in [0, 0.05) is 42.5 Å². The molecular formula is C26H31N7O3S. The van der Waals surface area contributed by atoms with Crippen molar-refractivity contribution >= 4 is 45.8 Å². The molecule has 1 aliphatic rings. The van der Waals surface area contributed by atoms with Crippen LogP contribution in [0, 0.1) is 10.1 Å². The molecule has 37 heavy (non-hydrogen) atoms. The van der Waals surface area contributed by atoms with Gasteiger partial charge in [-0.25, -0.2) is 9.98 Å². The number of amides is 1. The Balaban J connectivity index is 1.53. The molecular weight excluding hydrogens is 490 g/mol. The van der Waals surface area contributed by atoms with Crippen LogP contribution in [0.2, 0.25) is 0 Å². The van der Waals surface area contributed by atoms with E-state index in [0.29, 0.717) is 53.3 Å². The van der Waals surface area contributed by atoms with Crippen molar-refractivity contribution in [2.45, 2.75) is 32.7 Å². The van der Waals surface area contributed by atoms with Crippen LogP contribution in [0.5, 0.6) is 0 Å². The standard InChI is InChI=1S/C26H31N7O3S/c1-16(2)17-5-10-20(27)22(13-17)29-25(34)26-30-21-11-12-32(14-23(21)37-26)24(15-33(35)36)28-18-6-8-19(9-7-18)31(3)4/h5-10,13,16H,11-12,14-15,27H2,1-4H3,(H,29,34). The average Bonchev–Trinajstić information content (AvgIpc) is 3.28. The van der Waals surface area contributed by atoms with Crippen LogP contribution in [0.1, 0.15) is 45.7 Å². The number of rotatable bonds is 7. The minimum atomic E-state index is -0.387. The Morgan fingerprint density at radius 1 is 1.27 bits per heavy atom. The van der Waals surface area contributed by atoms with Crippen molar-refractivity contribution in [3.63, 3.8) is 0 Å². The number of fused-ring (bicyclic) bond motifs is 1. The second-order valence-electron chi connectivity index (χ2n) is 9.45. The minimum Gasteiger partial charge on any atom is -0.397 e. The molecule has 1 aliphatic heterocycles. The molecule has 0 radical (unpaired) electrons. The fraction of sp³-hybridized carbons (Fsp3) is 0.346. The predicted octanol–water partition coefficient (Wildman–Crippen LogP) is 4.53. The van der Waals surface area contributed by atoms with E-state index in [-0.39, 0.29) is 17.4 Å². The highest BCUT2D eigenvalue weighted by atomic mass is 32.1. The number of hydrogen-bond donors (Lipinski definition) is 2. The summed E-state index contributed by atoms with van der Waals surface area (Å²) in [5.41, 5.74) is 10.7. The van der Waals surface area contributed by atoms with Crippen molar-refractivity contribution in [3.8, 4) is 0 Å². The highest BCUT2D eigenvalue weighted by molar-refractivity contribution is 7.13. The molecule has 0 saturated heterocycles. The molecule has 0 atom stereocenters. The third kappa shape index (κ3) is 6.23. The molecule has 10 nitrogen and oxygen atoms in total. The second kappa shape index (κ2) is 11.0. The Kier molecular flexibility index (Phi) is 7.72. The normalized spacial score (nSPS) is 13.4. The quantitative estimate of drug-likeness (QED) is 0.154. The number of carbonyl (C=O) groups is 1. The number of anilines is 3. The topological polar surface area (TPSA) is 130 Å². The molecule has 194 valence electrons. The van der Waals surface area contributed by atoms with Gasteiger partial charge < -0.3 is 20.9 Å². The molecule has 0 fully saturated rings. The Labute approximate surface area is 220 Å². The van der Waals surface area contributed by atoms with Crippen LogP contribution in [-0.2, 0) is 13.0 Å². The van der Waals surface area contributed by atoms with E-state index in [0.717, 1.165) is 21.8 Å². The molecule has 11 heteroatoms. The summed E-state index contributed by atoms with van der Waals surface area (Å²) in [6.07, 6.45) is 0.570. The van der Waals surface area contributed by atoms with Gasteiger partial charge in [0.2, 0.25) is 0 Å². The van der Waals surface area contributed by atoms with E-state index in [1.54, 1.807) is 6.07 Å². The lowest BCUT2D eigenvalue weighted by Gasteiger charge is -2.27. The zero-order valence-corrected chi connectivity index (χ0v) is 22.2. The van der Waals surface area contributed by atoms with Gasteiger partial charge in [0.05, 0.1) is 29.3 Å². The number of amidine groups is 1. The molecule has 3 aromatic rings. The highest BCUT2D eigenvalue weighted by Crippen LogP contribution is 2.29. The Morgan fingerprint density at radius 2 is 2.00 bits per heavy atom. The van der Waals surface area contributed by atoms with Gasteiger partial charge in [-0.3, -0.25) is 14.9 Å². The van der Waals surface area contributed by atoms with Gasteiger partial charge in [-0.1, -0.05) is 19.9 Å². The third-order valence-electron chi connectivity index (χ3n) is 6.18. The van der Waals surface area contributed by atoms with E-state index in [4.69, 9.17) is 5.73 Å².